The van der Waals surface area contributed by atoms with Crippen molar-refractivity contribution < 1.29 is 9.47 Å². The average Bonchev–Trinajstić information content (AvgIpc) is 2.64. The molecule has 5 rings (SSSR count). The van der Waals surface area contributed by atoms with Crippen molar-refractivity contribution in [3.63, 3.8) is 0 Å². The first-order valence-electron chi connectivity index (χ1n) is 11.2. The van der Waals surface area contributed by atoms with Gasteiger partial charge in [-0.15, -0.1) is 0 Å². The summed E-state index contributed by atoms with van der Waals surface area (Å²) in [6.07, 6.45) is 1.08. The van der Waals surface area contributed by atoms with E-state index in [9.17, 15) is 0 Å². The van der Waals surface area contributed by atoms with Crippen molar-refractivity contribution in [1.82, 2.24) is 9.80 Å². The van der Waals surface area contributed by atoms with Gasteiger partial charge in [-0.2, -0.15) is 0 Å². The summed E-state index contributed by atoms with van der Waals surface area (Å²) in [6, 6.07) is 8.05. The van der Waals surface area contributed by atoms with Crippen LogP contribution in [0.5, 0.6) is 11.5 Å². The van der Waals surface area contributed by atoms with Crippen LogP contribution in [0.25, 0.3) is 0 Å². The fraction of sp³-hybridized carbons (Fsp3) is 0.538. The lowest BCUT2D eigenvalue weighted by atomic mass is 9.82. The molecule has 0 radical (unpaired) electrons. The normalized spacial score (nSPS) is 23.3. The van der Waals surface area contributed by atoms with Crippen molar-refractivity contribution in [3.8, 4) is 11.5 Å². The molecular formula is C26H34N2O2. The zero-order valence-corrected chi connectivity index (χ0v) is 19.6. The molecule has 2 aromatic rings. The highest BCUT2D eigenvalue weighted by atomic mass is 16.8. The molecule has 0 amide bonds. The second kappa shape index (κ2) is 6.02. The Morgan fingerprint density at radius 3 is 1.47 bits per heavy atom. The lowest BCUT2D eigenvalue weighted by molar-refractivity contribution is -0.385. The first kappa shape index (κ1) is 19.9. The highest BCUT2D eigenvalue weighted by Gasteiger charge is 2.65. The van der Waals surface area contributed by atoms with Crippen LogP contribution >= 0.6 is 0 Å². The zero-order valence-electron chi connectivity index (χ0n) is 19.6. The lowest BCUT2D eigenvalue weighted by Gasteiger charge is -2.64. The molecule has 1 fully saturated rings. The van der Waals surface area contributed by atoms with E-state index in [4.69, 9.17) is 9.47 Å². The van der Waals surface area contributed by atoms with Gasteiger partial charge < -0.3 is 9.47 Å². The number of hydrogen-bond donors (Lipinski definition) is 0. The molecule has 2 aromatic carbocycles. The largest absolute Gasteiger partial charge is 0.426 e. The Morgan fingerprint density at radius 2 is 1.07 bits per heavy atom. The van der Waals surface area contributed by atoms with E-state index >= 15 is 0 Å². The topological polar surface area (TPSA) is 24.9 Å². The molecule has 0 atom stereocenters. The van der Waals surface area contributed by atoms with Gasteiger partial charge in [0.1, 0.15) is 11.5 Å². The summed E-state index contributed by atoms with van der Waals surface area (Å²) in [7, 11) is 0. The third-order valence-corrected chi connectivity index (χ3v) is 7.42. The summed E-state index contributed by atoms with van der Waals surface area (Å²) in [5.74, 6) is 1.94. The van der Waals surface area contributed by atoms with E-state index in [1.165, 1.54) is 33.4 Å². The zero-order chi connectivity index (χ0) is 21.6. The van der Waals surface area contributed by atoms with Gasteiger partial charge in [0.15, 0.2) is 0 Å². The Balaban J connectivity index is 1.79. The predicted octanol–water partition coefficient (Wildman–Crippen LogP) is 5.49. The van der Waals surface area contributed by atoms with Crippen molar-refractivity contribution in [3.05, 3.63) is 57.6 Å². The molecule has 160 valence electrons. The molecule has 0 aromatic heterocycles. The standard InChI is InChI=1S/C26H34N2O2/c1-16-12-18(3)22-20(14-16)24(5,6)27-10-9-11-28-25(7,8)21-15-17(2)13-19(4)23(21)30-26(27,28)29-22/h12-15H,9-11H2,1-8H3. The molecule has 0 bridgehead atoms. The summed E-state index contributed by atoms with van der Waals surface area (Å²) in [5.41, 5.74) is 6.96. The van der Waals surface area contributed by atoms with Gasteiger partial charge in [0, 0.05) is 24.2 Å². The van der Waals surface area contributed by atoms with Crippen LogP contribution in [0.1, 0.15) is 67.5 Å². The second-order valence-electron chi connectivity index (χ2n) is 10.4. The van der Waals surface area contributed by atoms with Crippen LogP contribution in [0, 0.1) is 27.7 Å². The van der Waals surface area contributed by atoms with Crippen LogP contribution in [0.3, 0.4) is 0 Å². The first-order chi connectivity index (χ1) is 14.0. The van der Waals surface area contributed by atoms with Crippen LogP contribution in [-0.4, -0.2) is 28.9 Å². The molecule has 1 saturated heterocycles. The van der Waals surface area contributed by atoms with Gasteiger partial charge in [0.05, 0.1) is 11.1 Å². The molecule has 4 nitrogen and oxygen atoms in total. The molecule has 0 unspecified atom stereocenters. The Labute approximate surface area is 180 Å². The molecule has 0 N–H and O–H groups in total. The maximum Gasteiger partial charge on any atom is 0.388 e. The minimum absolute atomic E-state index is 0.213. The maximum absolute atomic E-state index is 6.96. The smallest absolute Gasteiger partial charge is 0.388 e. The van der Waals surface area contributed by atoms with Crippen LogP contribution in [0.4, 0.5) is 0 Å². The Kier molecular flexibility index (Phi) is 3.99. The van der Waals surface area contributed by atoms with Crippen LogP contribution in [-0.2, 0) is 11.1 Å². The predicted molar refractivity (Wildman–Crippen MR) is 120 cm³/mol. The molecule has 1 spiro atoms. The Hall–Kier alpha value is -2.04. The van der Waals surface area contributed by atoms with E-state index in [2.05, 4.69) is 89.5 Å². The van der Waals surface area contributed by atoms with Gasteiger partial charge in [-0.3, -0.25) is 0 Å². The number of benzene rings is 2. The molecule has 4 heteroatoms. The van der Waals surface area contributed by atoms with Crippen molar-refractivity contribution in [1.29, 1.82) is 0 Å². The fourth-order valence-corrected chi connectivity index (χ4v) is 5.97. The lowest BCUT2D eigenvalue weighted by Crippen LogP contribution is -2.80. The van der Waals surface area contributed by atoms with Crippen molar-refractivity contribution in [2.45, 2.75) is 78.9 Å². The number of ether oxygens (including phenoxy) is 2. The van der Waals surface area contributed by atoms with E-state index in [1.54, 1.807) is 0 Å². The maximum atomic E-state index is 6.96. The summed E-state index contributed by atoms with van der Waals surface area (Å²) >= 11 is 0. The molecule has 30 heavy (non-hydrogen) atoms. The summed E-state index contributed by atoms with van der Waals surface area (Å²) in [5, 5.41) is 0. The van der Waals surface area contributed by atoms with Gasteiger partial charge in [-0.1, -0.05) is 35.4 Å². The number of aryl methyl sites for hydroxylation is 4. The summed E-state index contributed by atoms with van der Waals surface area (Å²) < 4.78 is 13.9. The molecule has 3 aliphatic heterocycles. The molecule has 3 heterocycles. The quantitative estimate of drug-likeness (QED) is 0.577. The number of hydrogen-bond acceptors (Lipinski definition) is 4. The first-order valence-corrected chi connectivity index (χ1v) is 11.2. The second-order valence-corrected chi connectivity index (χ2v) is 10.4. The third kappa shape index (κ3) is 2.41. The van der Waals surface area contributed by atoms with E-state index in [0.717, 1.165) is 31.0 Å². The summed E-state index contributed by atoms with van der Waals surface area (Å²) in [4.78, 5) is 4.88. The number of rotatable bonds is 0. The fourth-order valence-electron chi connectivity index (χ4n) is 5.97. The Bertz CT molecular complexity index is 970. The van der Waals surface area contributed by atoms with Crippen molar-refractivity contribution in [2.75, 3.05) is 13.1 Å². The van der Waals surface area contributed by atoms with Gasteiger partial charge >= 0.3 is 6.03 Å². The Morgan fingerprint density at radius 1 is 0.667 bits per heavy atom. The molecule has 0 aliphatic carbocycles. The third-order valence-electron chi connectivity index (χ3n) is 7.42. The highest BCUT2D eigenvalue weighted by molar-refractivity contribution is 5.52. The minimum Gasteiger partial charge on any atom is -0.426 e. The van der Waals surface area contributed by atoms with Gasteiger partial charge in [0.25, 0.3) is 0 Å². The number of nitrogens with zero attached hydrogens (tertiary/aromatic N) is 2. The highest BCUT2D eigenvalue weighted by Crippen LogP contribution is 2.56. The van der Waals surface area contributed by atoms with Crippen molar-refractivity contribution in [2.24, 2.45) is 0 Å². The van der Waals surface area contributed by atoms with Crippen LogP contribution < -0.4 is 9.47 Å². The van der Waals surface area contributed by atoms with Crippen molar-refractivity contribution >= 4 is 0 Å². The monoisotopic (exact) mass is 406 g/mol. The SMILES string of the molecule is Cc1cc(C)c2c(c1)C(C)(C)N1CCCN3C(C)(C)c4cc(C)cc(C)c4OC13O2. The van der Waals surface area contributed by atoms with E-state index in [-0.39, 0.29) is 11.1 Å². The van der Waals surface area contributed by atoms with Crippen LogP contribution in [0.15, 0.2) is 24.3 Å². The molecule has 0 saturated carbocycles. The molecule has 3 aliphatic rings. The van der Waals surface area contributed by atoms with Gasteiger partial charge in [-0.25, -0.2) is 9.80 Å². The minimum atomic E-state index is -0.939. The van der Waals surface area contributed by atoms with E-state index in [1.807, 2.05) is 0 Å². The number of fused-ring (bicyclic) bond motifs is 2. The van der Waals surface area contributed by atoms with Gasteiger partial charge in [-0.05, 0) is 72.9 Å². The average molecular weight is 407 g/mol. The van der Waals surface area contributed by atoms with Crippen LogP contribution in [0.2, 0.25) is 0 Å². The summed E-state index contributed by atoms with van der Waals surface area (Å²) in [6.45, 7) is 19.8. The van der Waals surface area contributed by atoms with Gasteiger partial charge in [0.2, 0.25) is 0 Å². The van der Waals surface area contributed by atoms with E-state index < -0.39 is 6.03 Å². The van der Waals surface area contributed by atoms with E-state index in [0.29, 0.717) is 0 Å². The molecular weight excluding hydrogens is 372 g/mol.